The minimum atomic E-state index is -2.75. The number of fused-ring (bicyclic) bond motifs is 1. The normalized spacial score (nSPS) is 20.2. The van der Waals surface area contributed by atoms with Crippen LogP contribution in [0.3, 0.4) is 0 Å². The number of amides is 2. The van der Waals surface area contributed by atoms with Gasteiger partial charge >= 0.3 is 5.97 Å². The number of carbonyl (C=O) groups excluding carboxylic acids is 2. The predicted molar refractivity (Wildman–Crippen MR) is 117 cm³/mol. The Labute approximate surface area is 198 Å². The van der Waals surface area contributed by atoms with Gasteiger partial charge in [-0.05, 0) is 25.5 Å². The number of aryl methyl sites for hydroxylation is 2. The van der Waals surface area contributed by atoms with E-state index in [2.05, 4.69) is 20.6 Å². The molecule has 0 radical (unpaired) electrons. The average Bonchev–Trinajstić information content (AvgIpc) is 3.34. The second kappa shape index (κ2) is 9.38. The molecule has 176 valence electrons. The topological polar surface area (TPSA) is 130 Å². The minimum Gasteiger partial charge on any atom is -0.477 e. The number of aliphatic carboxylic acids is 1. The number of halogens is 2. The molecule has 2 aromatic rings. The van der Waals surface area contributed by atoms with Crippen molar-refractivity contribution >= 4 is 52.6 Å². The van der Waals surface area contributed by atoms with E-state index in [9.17, 15) is 28.3 Å². The Bertz CT molecular complexity index is 1150. The van der Waals surface area contributed by atoms with Crippen LogP contribution in [0.15, 0.2) is 21.7 Å². The fourth-order valence-electron chi connectivity index (χ4n) is 3.44. The molecule has 2 aliphatic rings. The number of nitrogens with zero attached hydrogens (tertiary/aromatic N) is 5. The van der Waals surface area contributed by atoms with Crippen molar-refractivity contribution in [3.05, 3.63) is 33.7 Å². The van der Waals surface area contributed by atoms with Crippen molar-refractivity contribution in [3.8, 4) is 0 Å². The van der Waals surface area contributed by atoms with E-state index in [0.717, 1.165) is 9.69 Å². The van der Waals surface area contributed by atoms with Crippen LogP contribution in [0.25, 0.3) is 0 Å². The molecule has 4 rings (SSSR count). The van der Waals surface area contributed by atoms with Gasteiger partial charge in [-0.3, -0.25) is 19.2 Å². The average molecular weight is 517 g/mol. The fourth-order valence-corrected chi connectivity index (χ4v) is 6.74. The molecule has 1 saturated heterocycles. The Morgan fingerprint density at radius 1 is 1.36 bits per heavy atom. The van der Waals surface area contributed by atoms with Crippen LogP contribution in [0.1, 0.15) is 22.8 Å². The van der Waals surface area contributed by atoms with Gasteiger partial charge in [0.15, 0.2) is 4.34 Å². The Morgan fingerprint density at radius 2 is 2.12 bits per heavy atom. The zero-order valence-electron chi connectivity index (χ0n) is 17.3. The summed E-state index contributed by atoms with van der Waals surface area (Å²) in [5.41, 5.74) is 0.469. The molecule has 2 aromatic heterocycles. The van der Waals surface area contributed by atoms with Gasteiger partial charge < -0.3 is 10.4 Å². The van der Waals surface area contributed by atoms with E-state index in [1.807, 2.05) is 6.92 Å². The lowest BCUT2D eigenvalue weighted by atomic mass is 10.0. The lowest BCUT2D eigenvalue weighted by Crippen LogP contribution is -2.70. The molecule has 2 aliphatic heterocycles. The van der Waals surface area contributed by atoms with Gasteiger partial charge in [0.25, 0.3) is 12.3 Å². The molecule has 0 aromatic carbocycles. The van der Waals surface area contributed by atoms with Gasteiger partial charge in [0.2, 0.25) is 5.91 Å². The smallest absolute Gasteiger partial charge is 0.352 e. The third-order valence-corrected chi connectivity index (χ3v) is 8.36. The number of thioether (sulfide) groups is 2. The van der Waals surface area contributed by atoms with E-state index in [-0.39, 0.29) is 12.2 Å². The summed E-state index contributed by atoms with van der Waals surface area (Å²) < 4.78 is 27.5. The highest BCUT2D eigenvalue weighted by molar-refractivity contribution is 8.01. The first-order valence-electron chi connectivity index (χ1n) is 9.60. The van der Waals surface area contributed by atoms with E-state index in [0.29, 0.717) is 27.1 Å². The molecular weight excluding hydrogens is 498 g/mol. The van der Waals surface area contributed by atoms with Crippen molar-refractivity contribution in [3.63, 3.8) is 0 Å². The Kier molecular flexibility index (Phi) is 6.72. The molecule has 0 spiro atoms. The maximum atomic E-state index is 12.8. The summed E-state index contributed by atoms with van der Waals surface area (Å²) in [6.45, 7) is 3.04. The number of alkyl halides is 2. The van der Waals surface area contributed by atoms with E-state index in [1.54, 1.807) is 6.92 Å². The summed E-state index contributed by atoms with van der Waals surface area (Å²) in [6.07, 6.45) is -2.75. The first kappa shape index (κ1) is 23.6. The van der Waals surface area contributed by atoms with Crippen molar-refractivity contribution < 1.29 is 28.3 Å². The van der Waals surface area contributed by atoms with Crippen molar-refractivity contribution in [2.24, 2.45) is 0 Å². The largest absolute Gasteiger partial charge is 0.477 e. The number of hydrogen-bond donors (Lipinski definition) is 2. The fraction of sp³-hybridized carbons (Fsp3) is 0.444. The van der Waals surface area contributed by atoms with Crippen LogP contribution >= 0.6 is 34.9 Å². The van der Waals surface area contributed by atoms with Gasteiger partial charge in [-0.2, -0.15) is 5.10 Å². The molecule has 2 amide bonds. The van der Waals surface area contributed by atoms with Crippen LogP contribution in [-0.2, 0) is 20.9 Å². The molecule has 10 nitrogen and oxygen atoms in total. The SMILES string of the molecule is Cc1nnc(SCC2=C(C(=O)O)N3C(=O)[C@H](NC(=O)Cn4nc(C(F)F)cc4C)[C@@H]3SC2)s1. The number of β-lactam (4-membered cyclic amide) rings is 1. The first-order valence-corrected chi connectivity index (χ1v) is 12.5. The standard InChI is InChI=1S/C18H18F2N6O4S3/c1-7-3-10(14(19)20)24-25(7)4-11(27)21-12-15(28)26-13(17(29)30)9(5-31-16(12)26)6-32-18-23-22-8(2)33-18/h3,12,14,16H,4-6H2,1-2H3,(H,21,27)(H,29,30)/t12-,16-/m0/s1. The van der Waals surface area contributed by atoms with E-state index in [4.69, 9.17) is 0 Å². The molecule has 33 heavy (non-hydrogen) atoms. The van der Waals surface area contributed by atoms with Gasteiger partial charge in [-0.1, -0.05) is 23.1 Å². The molecular formula is C18H18F2N6O4S3. The monoisotopic (exact) mass is 516 g/mol. The van der Waals surface area contributed by atoms with Crippen LogP contribution in [0.5, 0.6) is 0 Å². The molecule has 15 heteroatoms. The highest BCUT2D eigenvalue weighted by Gasteiger charge is 2.54. The van der Waals surface area contributed by atoms with Crippen molar-refractivity contribution in [1.29, 1.82) is 0 Å². The quantitative estimate of drug-likeness (QED) is 0.398. The number of rotatable bonds is 8. The predicted octanol–water partition coefficient (Wildman–Crippen LogP) is 1.82. The highest BCUT2D eigenvalue weighted by Crippen LogP contribution is 2.41. The van der Waals surface area contributed by atoms with Crippen molar-refractivity contribution in [1.82, 2.24) is 30.2 Å². The number of carbonyl (C=O) groups is 3. The second-order valence-electron chi connectivity index (χ2n) is 7.26. The molecule has 0 bridgehead atoms. The van der Waals surface area contributed by atoms with Crippen LogP contribution < -0.4 is 5.32 Å². The molecule has 0 saturated carbocycles. The molecule has 2 N–H and O–H groups in total. The number of aromatic nitrogens is 4. The Balaban J connectivity index is 1.42. The Morgan fingerprint density at radius 3 is 2.73 bits per heavy atom. The number of carboxylic acid groups (broad SMARTS) is 1. The Hall–Kier alpha value is -2.52. The zero-order valence-corrected chi connectivity index (χ0v) is 19.8. The summed E-state index contributed by atoms with van der Waals surface area (Å²) in [5.74, 6) is -1.59. The summed E-state index contributed by atoms with van der Waals surface area (Å²) in [7, 11) is 0. The lowest BCUT2D eigenvalue weighted by molar-refractivity contribution is -0.150. The molecule has 4 heterocycles. The zero-order chi connectivity index (χ0) is 23.9. The van der Waals surface area contributed by atoms with Crippen LogP contribution in [0.4, 0.5) is 8.78 Å². The summed E-state index contributed by atoms with van der Waals surface area (Å²) in [6, 6.07) is 0.292. The summed E-state index contributed by atoms with van der Waals surface area (Å²) in [5, 5.41) is 24.2. The summed E-state index contributed by atoms with van der Waals surface area (Å²) in [4.78, 5) is 38.3. The van der Waals surface area contributed by atoms with Crippen LogP contribution in [0, 0.1) is 13.8 Å². The van der Waals surface area contributed by atoms with Gasteiger partial charge in [0, 0.05) is 17.2 Å². The van der Waals surface area contributed by atoms with E-state index >= 15 is 0 Å². The van der Waals surface area contributed by atoms with E-state index < -0.39 is 41.3 Å². The number of nitrogens with one attached hydrogen (secondary N) is 1. The third-order valence-electron chi connectivity index (χ3n) is 4.96. The minimum absolute atomic E-state index is 0.0764. The van der Waals surface area contributed by atoms with Gasteiger partial charge in [0.1, 0.15) is 34.4 Å². The lowest BCUT2D eigenvalue weighted by Gasteiger charge is -2.49. The van der Waals surface area contributed by atoms with Crippen LogP contribution in [0.2, 0.25) is 0 Å². The van der Waals surface area contributed by atoms with Crippen molar-refractivity contribution in [2.45, 2.75) is 42.6 Å². The highest BCUT2D eigenvalue weighted by atomic mass is 32.2. The number of carboxylic acids is 1. The summed E-state index contributed by atoms with van der Waals surface area (Å²) >= 11 is 4.11. The third kappa shape index (κ3) is 4.75. The maximum absolute atomic E-state index is 12.8. The maximum Gasteiger partial charge on any atom is 0.352 e. The first-order chi connectivity index (χ1) is 15.7. The molecule has 0 unspecified atom stereocenters. The molecule has 2 atom stereocenters. The van der Waals surface area contributed by atoms with Crippen LogP contribution in [-0.4, -0.2) is 70.7 Å². The molecule has 0 aliphatic carbocycles. The van der Waals surface area contributed by atoms with Crippen molar-refractivity contribution in [2.75, 3.05) is 11.5 Å². The van der Waals surface area contributed by atoms with Gasteiger partial charge in [-0.25, -0.2) is 13.6 Å². The molecule has 1 fully saturated rings. The number of hydrogen-bond acceptors (Lipinski definition) is 9. The van der Waals surface area contributed by atoms with Gasteiger partial charge in [-0.15, -0.1) is 22.0 Å². The second-order valence-corrected chi connectivity index (χ2v) is 10.8. The van der Waals surface area contributed by atoms with E-state index in [1.165, 1.54) is 45.8 Å². The van der Waals surface area contributed by atoms with Gasteiger partial charge in [0.05, 0.1) is 0 Å².